The predicted molar refractivity (Wildman–Crippen MR) is 110 cm³/mol. The van der Waals surface area contributed by atoms with Crippen LogP contribution in [0.1, 0.15) is 0 Å². The van der Waals surface area contributed by atoms with Crippen LogP contribution in [0.15, 0.2) is 67.3 Å². The second-order valence-electron chi connectivity index (χ2n) is 6.41. The van der Waals surface area contributed by atoms with E-state index in [2.05, 4.69) is 20.7 Å². The van der Waals surface area contributed by atoms with E-state index in [1.165, 1.54) is 0 Å². The van der Waals surface area contributed by atoms with Gasteiger partial charge in [0, 0.05) is 30.3 Å². The van der Waals surface area contributed by atoms with Gasteiger partial charge in [0.15, 0.2) is 12.4 Å². The molecule has 3 aromatic heterocycles. The Bertz CT molecular complexity index is 1150. The fourth-order valence-corrected chi connectivity index (χ4v) is 3.07. The number of hydrogen-bond acceptors (Lipinski definition) is 5. The van der Waals surface area contributed by atoms with Gasteiger partial charge in [-0.05, 0) is 18.2 Å². The highest BCUT2D eigenvalue weighted by atomic mass is 16.5. The lowest BCUT2D eigenvalue weighted by molar-refractivity contribution is -0.684. The minimum Gasteiger partial charge on any atom is -0.494 e. The molecule has 2 N–H and O–H groups in total. The van der Waals surface area contributed by atoms with Crippen molar-refractivity contribution in [1.82, 2.24) is 14.8 Å². The minimum absolute atomic E-state index is 0.156. The van der Waals surface area contributed by atoms with Crippen LogP contribution in [0.2, 0.25) is 0 Å². The van der Waals surface area contributed by atoms with Crippen molar-refractivity contribution in [3.8, 4) is 11.4 Å². The molecule has 29 heavy (non-hydrogen) atoms. The van der Waals surface area contributed by atoms with Gasteiger partial charge in [-0.2, -0.15) is 9.67 Å². The Labute approximate surface area is 167 Å². The molecular weight excluding hydrogens is 368 g/mol. The summed E-state index contributed by atoms with van der Waals surface area (Å²) in [6.07, 6.45) is 7.13. The first kappa shape index (κ1) is 18.4. The molecule has 4 rings (SSSR count). The number of nitrogens with zero attached hydrogens (tertiary/aromatic N) is 4. The lowest BCUT2D eigenvalue weighted by Gasteiger charge is -2.09. The molecule has 0 fully saturated rings. The summed E-state index contributed by atoms with van der Waals surface area (Å²) in [5.41, 5.74) is 2.63. The van der Waals surface area contributed by atoms with E-state index >= 15 is 0 Å². The lowest BCUT2D eigenvalue weighted by Crippen LogP contribution is -2.39. The van der Waals surface area contributed by atoms with Gasteiger partial charge in [0.25, 0.3) is 5.91 Å². The van der Waals surface area contributed by atoms with Gasteiger partial charge in [-0.3, -0.25) is 4.79 Å². The fourth-order valence-electron chi connectivity index (χ4n) is 3.07. The Hall–Kier alpha value is -3.94. The van der Waals surface area contributed by atoms with Gasteiger partial charge in [0.05, 0.1) is 25.0 Å². The number of pyridine rings is 2. The second kappa shape index (κ2) is 7.97. The van der Waals surface area contributed by atoms with Crippen LogP contribution in [0.25, 0.3) is 16.6 Å². The van der Waals surface area contributed by atoms with E-state index in [4.69, 9.17) is 4.74 Å². The molecule has 0 saturated heterocycles. The number of fused-ring (bicyclic) bond motifs is 1. The molecule has 0 saturated carbocycles. The first-order chi connectivity index (χ1) is 14.2. The third kappa shape index (κ3) is 3.86. The van der Waals surface area contributed by atoms with Crippen LogP contribution in [-0.2, 0) is 11.3 Å². The summed E-state index contributed by atoms with van der Waals surface area (Å²) in [6, 6.07) is 13.3. The van der Waals surface area contributed by atoms with Gasteiger partial charge >= 0.3 is 0 Å². The first-order valence-electron chi connectivity index (χ1n) is 9.12. The van der Waals surface area contributed by atoms with E-state index < -0.39 is 0 Å². The van der Waals surface area contributed by atoms with Crippen LogP contribution in [0, 0.1) is 0 Å². The number of carbonyl (C=O) groups is 1. The summed E-state index contributed by atoms with van der Waals surface area (Å²) in [7, 11) is 3.48. The lowest BCUT2D eigenvalue weighted by atomic mass is 10.2. The molecule has 1 aromatic carbocycles. The average molecular weight is 389 g/mol. The summed E-state index contributed by atoms with van der Waals surface area (Å²) in [4.78, 5) is 16.7. The third-order valence-electron chi connectivity index (χ3n) is 4.54. The Balaban J connectivity index is 1.53. The quantitative estimate of drug-likeness (QED) is 0.495. The standard InChI is InChI=1S/C21H20N6O2/c1-22-16-7-9-26(10-8-16)14-21(28)25-20-11-15-12-24-27(18(15)13-23-20)17-5-3-4-6-19(17)29-2/h3-13H,14H2,1-2H3,(H,23,25,28)/p+1. The molecule has 8 nitrogen and oxygen atoms in total. The van der Waals surface area contributed by atoms with E-state index in [-0.39, 0.29) is 12.5 Å². The fraction of sp³-hybridized carbons (Fsp3) is 0.143. The normalized spacial score (nSPS) is 10.7. The maximum absolute atomic E-state index is 12.4. The van der Waals surface area contributed by atoms with Crippen molar-refractivity contribution in [3.05, 3.63) is 67.3 Å². The Morgan fingerprint density at radius 1 is 1.17 bits per heavy atom. The molecule has 146 valence electrons. The number of nitrogens with one attached hydrogen (secondary N) is 2. The largest absolute Gasteiger partial charge is 0.494 e. The monoisotopic (exact) mass is 389 g/mol. The van der Waals surface area contributed by atoms with Gasteiger partial charge in [0.1, 0.15) is 17.3 Å². The van der Waals surface area contributed by atoms with Crippen molar-refractivity contribution in [2.45, 2.75) is 6.54 Å². The zero-order valence-electron chi connectivity index (χ0n) is 16.2. The molecule has 8 heteroatoms. The number of methoxy groups -OCH3 is 1. The van der Waals surface area contributed by atoms with Crippen LogP contribution in [0.3, 0.4) is 0 Å². The van der Waals surface area contributed by atoms with E-state index in [1.54, 1.807) is 34.8 Å². The van der Waals surface area contributed by atoms with Crippen LogP contribution >= 0.6 is 0 Å². The van der Waals surface area contributed by atoms with Gasteiger partial charge in [-0.15, -0.1) is 0 Å². The molecule has 3 heterocycles. The highest BCUT2D eigenvalue weighted by Gasteiger charge is 2.13. The molecule has 0 aliphatic heterocycles. The van der Waals surface area contributed by atoms with Crippen LogP contribution in [0.5, 0.6) is 5.75 Å². The SMILES string of the molecule is CNc1cc[n+](CC(=O)Nc2cc3cnn(-c4ccccc4OC)c3cn2)cc1. The van der Waals surface area contributed by atoms with Gasteiger partial charge in [-0.1, -0.05) is 12.1 Å². The molecule has 4 aromatic rings. The summed E-state index contributed by atoms with van der Waals surface area (Å²) in [5.74, 6) is 1.04. The number of amides is 1. The van der Waals surface area contributed by atoms with Gasteiger partial charge < -0.3 is 15.4 Å². The van der Waals surface area contributed by atoms with Crippen molar-refractivity contribution in [2.75, 3.05) is 24.8 Å². The zero-order chi connectivity index (χ0) is 20.2. The summed E-state index contributed by atoms with van der Waals surface area (Å²) in [6.45, 7) is 0.199. The molecule has 0 bridgehead atoms. The first-order valence-corrected chi connectivity index (χ1v) is 9.12. The number of para-hydroxylation sites is 2. The van der Waals surface area contributed by atoms with E-state index in [9.17, 15) is 4.79 Å². The number of aromatic nitrogens is 4. The maximum Gasteiger partial charge on any atom is 0.291 e. The van der Waals surface area contributed by atoms with Crippen LogP contribution in [-0.4, -0.2) is 34.8 Å². The average Bonchev–Trinajstić information content (AvgIpc) is 3.17. The number of hydrogen-bond donors (Lipinski definition) is 2. The number of rotatable bonds is 6. The van der Waals surface area contributed by atoms with E-state index in [1.807, 2.05) is 55.8 Å². The van der Waals surface area contributed by atoms with Crippen molar-refractivity contribution < 1.29 is 14.1 Å². The Kier molecular flexibility index (Phi) is 5.07. The third-order valence-corrected chi connectivity index (χ3v) is 4.54. The smallest absolute Gasteiger partial charge is 0.291 e. The van der Waals surface area contributed by atoms with Crippen molar-refractivity contribution in [3.63, 3.8) is 0 Å². The topological polar surface area (TPSA) is 85.0 Å². The molecule has 0 unspecified atom stereocenters. The molecule has 0 aliphatic rings. The highest BCUT2D eigenvalue weighted by molar-refractivity contribution is 5.91. The zero-order valence-corrected chi connectivity index (χ0v) is 16.2. The van der Waals surface area contributed by atoms with E-state index in [0.29, 0.717) is 5.82 Å². The summed E-state index contributed by atoms with van der Waals surface area (Å²) >= 11 is 0. The van der Waals surface area contributed by atoms with Crippen molar-refractivity contribution in [1.29, 1.82) is 0 Å². The number of ether oxygens (including phenoxy) is 1. The van der Waals surface area contributed by atoms with E-state index in [0.717, 1.165) is 28.0 Å². The Morgan fingerprint density at radius 3 is 2.72 bits per heavy atom. The van der Waals surface area contributed by atoms with Gasteiger partial charge in [-0.25, -0.2) is 9.67 Å². The number of carbonyl (C=O) groups excluding carboxylic acids is 1. The second-order valence-corrected chi connectivity index (χ2v) is 6.41. The Morgan fingerprint density at radius 2 is 1.97 bits per heavy atom. The number of anilines is 2. The van der Waals surface area contributed by atoms with Crippen molar-refractivity contribution in [2.24, 2.45) is 0 Å². The predicted octanol–water partition coefficient (Wildman–Crippen LogP) is 2.40. The molecule has 0 spiro atoms. The number of benzene rings is 1. The van der Waals surface area contributed by atoms with Crippen LogP contribution in [0.4, 0.5) is 11.5 Å². The maximum atomic E-state index is 12.4. The van der Waals surface area contributed by atoms with Crippen molar-refractivity contribution >= 4 is 28.3 Å². The molecule has 1 amide bonds. The van der Waals surface area contributed by atoms with Gasteiger partial charge in [0.2, 0.25) is 6.54 Å². The van der Waals surface area contributed by atoms with Crippen LogP contribution < -0.4 is 19.9 Å². The molecule has 0 radical (unpaired) electrons. The highest BCUT2D eigenvalue weighted by Crippen LogP contribution is 2.26. The minimum atomic E-state index is -0.156. The summed E-state index contributed by atoms with van der Waals surface area (Å²) in [5, 5.41) is 11.2. The summed E-state index contributed by atoms with van der Waals surface area (Å²) < 4.78 is 8.99. The molecule has 0 atom stereocenters. The molecular formula is C21H21N6O2+. The molecule has 0 aliphatic carbocycles.